The zero-order chi connectivity index (χ0) is 24.1. The Hall–Kier alpha value is -3.03. The number of hydrogen-bond acceptors (Lipinski definition) is 4. The van der Waals surface area contributed by atoms with Crippen molar-refractivity contribution in [3.8, 4) is 11.3 Å². The van der Waals surface area contributed by atoms with Crippen LogP contribution in [0.25, 0.3) is 11.3 Å². The predicted octanol–water partition coefficient (Wildman–Crippen LogP) is 6.15. The van der Waals surface area contributed by atoms with Crippen molar-refractivity contribution in [2.45, 2.75) is 11.0 Å². The number of rotatable bonds is 7. The van der Waals surface area contributed by atoms with Crippen LogP contribution in [0.2, 0.25) is 10.0 Å². The van der Waals surface area contributed by atoms with Crippen LogP contribution in [0.3, 0.4) is 0 Å². The van der Waals surface area contributed by atoms with Gasteiger partial charge < -0.3 is 10.4 Å². The molecule has 1 aromatic heterocycles. The van der Waals surface area contributed by atoms with Crippen molar-refractivity contribution in [3.63, 3.8) is 0 Å². The number of carbonyl (C=O) groups excluding carboxylic acids is 1. The Morgan fingerprint density at radius 2 is 1.71 bits per heavy atom. The molecule has 0 aliphatic heterocycles. The van der Waals surface area contributed by atoms with E-state index < -0.39 is 22.8 Å². The van der Waals surface area contributed by atoms with Gasteiger partial charge in [-0.3, -0.25) is 14.0 Å². The Morgan fingerprint density at radius 1 is 0.941 bits per heavy atom. The van der Waals surface area contributed by atoms with Gasteiger partial charge in [-0.25, -0.2) is 0 Å². The minimum Gasteiger partial charge on any atom is -0.387 e. The Kier molecular flexibility index (Phi) is 7.75. The Labute approximate surface area is 209 Å². The van der Waals surface area contributed by atoms with E-state index in [1.165, 1.54) is 12.1 Å². The molecule has 0 radical (unpaired) electrons. The lowest BCUT2D eigenvalue weighted by Gasteiger charge is -2.12. The molecule has 172 valence electrons. The number of aliphatic hydroxyl groups is 1. The maximum atomic E-state index is 12.9. The molecular formula is C26H20Cl2N2O3S. The fourth-order valence-corrected chi connectivity index (χ4v) is 5.04. The number of nitrogens with one attached hydrogen (secondary N) is 1. The van der Waals surface area contributed by atoms with E-state index in [0.29, 0.717) is 32.4 Å². The summed E-state index contributed by atoms with van der Waals surface area (Å²) < 4.78 is 12.7. The van der Waals surface area contributed by atoms with Crippen molar-refractivity contribution in [1.82, 2.24) is 4.98 Å². The molecule has 0 bridgehead atoms. The topological polar surface area (TPSA) is 79.3 Å². The highest BCUT2D eigenvalue weighted by Gasteiger charge is 2.17. The summed E-state index contributed by atoms with van der Waals surface area (Å²) in [5.41, 5.74) is 2.83. The van der Waals surface area contributed by atoms with Crippen molar-refractivity contribution < 1.29 is 14.1 Å². The lowest BCUT2D eigenvalue weighted by molar-refractivity contribution is 0.102. The molecule has 0 saturated carbocycles. The first-order valence-corrected chi connectivity index (χ1v) is 12.4. The van der Waals surface area contributed by atoms with Crippen LogP contribution in [0.1, 0.15) is 22.0 Å². The molecule has 2 atom stereocenters. The largest absolute Gasteiger partial charge is 0.387 e. The number of benzene rings is 3. The number of carbonyl (C=O) groups is 1. The number of anilines is 1. The molecule has 0 aliphatic carbocycles. The van der Waals surface area contributed by atoms with E-state index in [2.05, 4.69) is 10.3 Å². The molecule has 4 rings (SSSR count). The Balaban J connectivity index is 1.48. The zero-order valence-corrected chi connectivity index (χ0v) is 20.1. The third-order valence-corrected chi connectivity index (χ3v) is 7.15. The van der Waals surface area contributed by atoms with Crippen LogP contribution in [0.15, 0.2) is 96.0 Å². The highest BCUT2D eigenvalue weighted by Crippen LogP contribution is 2.30. The lowest BCUT2D eigenvalue weighted by Crippen LogP contribution is -2.13. The summed E-state index contributed by atoms with van der Waals surface area (Å²) in [7, 11) is -1.50. The summed E-state index contributed by atoms with van der Waals surface area (Å²) in [6.07, 6.45) is 0.795. The molecule has 4 aromatic rings. The quantitative estimate of drug-likeness (QED) is 0.312. The molecule has 0 fully saturated rings. The van der Waals surface area contributed by atoms with Gasteiger partial charge in [0.2, 0.25) is 0 Å². The van der Waals surface area contributed by atoms with Gasteiger partial charge in [-0.05, 0) is 54.1 Å². The fourth-order valence-electron chi connectivity index (χ4n) is 3.35. The van der Waals surface area contributed by atoms with Crippen LogP contribution >= 0.6 is 23.2 Å². The maximum absolute atomic E-state index is 12.9. The van der Waals surface area contributed by atoms with Crippen molar-refractivity contribution in [2.24, 2.45) is 0 Å². The number of nitrogens with zero attached hydrogens (tertiary/aromatic N) is 1. The van der Waals surface area contributed by atoms with E-state index in [9.17, 15) is 14.1 Å². The van der Waals surface area contributed by atoms with Gasteiger partial charge in [0.05, 0.1) is 44.0 Å². The first-order chi connectivity index (χ1) is 16.4. The van der Waals surface area contributed by atoms with Gasteiger partial charge in [0.1, 0.15) is 0 Å². The van der Waals surface area contributed by atoms with E-state index in [1.54, 1.807) is 42.6 Å². The monoisotopic (exact) mass is 510 g/mol. The number of aliphatic hydroxyl groups excluding tert-OH is 1. The van der Waals surface area contributed by atoms with E-state index in [-0.39, 0.29) is 16.3 Å². The summed E-state index contributed by atoms with van der Waals surface area (Å²) in [6.45, 7) is 0. The summed E-state index contributed by atoms with van der Waals surface area (Å²) in [4.78, 5) is 17.6. The SMILES string of the molecule is O=C(Nc1ccc(Cl)c(-c2ccccn2)c1)c1ccc(S(=O)C[C@H](O)c2ccccc2)cc1Cl. The second-order valence-electron chi connectivity index (χ2n) is 7.44. The third-order valence-electron chi connectivity index (χ3n) is 5.11. The highest BCUT2D eigenvalue weighted by molar-refractivity contribution is 7.85. The van der Waals surface area contributed by atoms with E-state index in [0.717, 1.165) is 0 Å². The summed E-state index contributed by atoms with van der Waals surface area (Å²) in [5.74, 6) is -0.395. The number of pyridine rings is 1. The average molecular weight is 511 g/mol. The van der Waals surface area contributed by atoms with Crippen LogP contribution in [0.4, 0.5) is 5.69 Å². The molecule has 34 heavy (non-hydrogen) atoms. The fraction of sp³-hybridized carbons (Fsp3) is 0.0769. The molecular weight excluding hydrogens is 491 g/mol. The molecule has 0 spiro atoms. The molecule has 3 aromatic carbocycles. The number of aromatic nitrogens is 1. The van der Waals surface area contributed by atoms with Crippen LogP contribution in [0.5, 0.6) is 0 Å². The minimum absolute atomic E-state index is 0.0208. The highest BCUT2D eigenvalue weighted by atomic mass is 35.5. The second-order valence-corrected chi connectivity index (χ2v) is 9.75. The zero-order valence-electron chi connectivity index (χ0n) is 17.8. The molecule has 5 nitrogen and oxygen atoms in total. The number of hydrogen-bond donors (Lipinski definition) is 2. The first kappa shape index (κ1) is 24.1. The van der Waals surface area contributed by atoms with Crippen molar-refractivity contribution in [1.29, 1.82) is 0 Å². The smallest absolute Gasteiger partial charge is 0.257 e. The lowest BCUT2D eigenvalue weighted by atomic mass is 10.1. The van der Waals surface area contributed by atoms with Gasteiger partial charge in [-0.1, -0.05) is 59.6 Å². The van der Waals surface area contributed by atoms with Crippen molar-refractivity contribution in [3.05, 3.63) is 112 Å². The molecule has 0 aliphatic rings. The summed E-state index contributed by atoms with van der Waals surface area (Å²) in [6, 6.07) is 24.2. The maximum Gasteiger partial charge on any atom is 0.257 e. The number of amides is 1. The van der Waals surface area contributed by atoms with Crippen LogP contribution < -0.4 is 5.32 Å². The van der Waals surface area contributed by atoms with Gasteiger partial charge in [0, 0.05) is 22.3 Å². The van der Waals surface area contributed by atoms with Gasteiger partial charge in [0.15, 0.2) is 0 Å². The predicted molar refractivity (Wildman–Crippen MR) is 137 cm³/mol. The van der Waals surface area contributed by atoms with Gasteiger partial charge in [-0.2, -0.15) is 0 Å². The summed E-state index contributed by atoms with van der Waals surface area (Å²) in [5, 5.41) is 13.8. The summed E-state index contributed by atoms with van der Waals surface area (Å²) >= 11 is 12.7. The minimum atomic E-state index is -1.50. The molecule has 2 N–H and O–H groups in total. The standard InChI is InChI=1S/C26H20Cl2N2O3S/c27-22-12-9-18(14-21(22)24-8-4-5-13-29-24)30-26(32)20-11-10-19(15-23(20)28)34(33)16-25(31)17-6-2-1-3-7-17/h1-15,25,31H,16H2,(H,30,32)/t25-,34?/m0/s1. The van der Waals surface area contributed by atoms with Crippen LogP contribution in [-0.2, 0) is 10.8 Å². The molecule has 1 unspecified atom stereocenters. The molecule has 8 heteroatoms. The normalized spacial score (nSPS) is 12.7. The van der Waals surface area contributed by atoms with Crippen molar-refractivity contribution in [2.75, 3.05) is 11.1 Å². The van der Waals surface area contributed by atoms with Crippen molar-refractivity contribution >= 4 is 45.6 Å². The Bertz CT molecular complexity index is 1330. The van der Waals surface area contributed by atoms with E-state index >= 15 is 0 Å². The third kappa shape index (κ3) is 5.72. The van der Waals surface area contributed by atoms with Crippen LogP contribution in [-0.4, -0.2) is 26.0 Å². The van der Waals surface area contributed by atoms with E-state index in [4.69, 9.17) is 23.2 Å². The molecule has 1 heterocycles. The molecule has 1 amide bonds. The Morgan fingerprint density at radius 3 is 2.41 bits per heavy atom. The second kappa shape index (κ2) is 10.9. The van der Waals surface area contributed by atoms with Crippen LogP contribution in [0, 0.1) is 0 Å². The molecule has 0 saturated heterocycles. The first-order valence-electron chi connectivity index (χ1n) is 10.4. The van der Waals surface area contributed by atoms with Gasteiger partial charge in [0.25, 0.3) is 5.91 Å². The van der Waals surface area contributed by atoms with Gasteiger partial charge >= 0.3 is 0 Å². The number of halogens is 2. The van der Waals surface area contributed by atoms with Gasteiger partial charge in [-0.15, -0.1) is 0 Å². The van der Waals surface area contributed by atoms with E-state index in [1.807, 2.05) is 36.4 Å². The average Bonchev–Trinajstić information content (AvgIpc) is 2.86.